The highest BCUT2D eigenvalue weighted by molar-refractivity contribution is 5.71. The molecule has 33 heavy (non-hydrogen) atoms. The number of rotatable bonds is 9. The molecule has 0 saturated carbocycles. The molecule has 0 aliphatic heterocycles. The third kappa shape index (κ3) is 5.70. The zero-order valence-electron chi connectivity index (χ0n) is 18.1. The van der Waals surface area contributed by atoms with Gasteiger partial charge in [0, 0.05) is 24.0 Å². The summed E-state index contributed by atoms with van der Waals surface area (Å²) >= 11 is 0. The van der Waals surface area contributed by atoms with E-state index in [1.54, 1.807) is 0 Å². The summed E-state index contributed by atoms with van der Waals surface area (Å²) in [7, 11) is 0. The SMILES string of the molecule is CCCCCCC(F)(F)Cc1ccc(-c2ccc(-c3ccc(O)c(F)c3F)cc2)c(F)c1F. The molecule has 3 rings (SSSR count). The Hall–Kier alpha value is -2.96. The van der Waals surface area contributed by atoms with Gasteiger partial charge in [0.1, 0.15) is 0 Å². The number of unbranched alkanes of at least 4 members (excludes halogenated alkanes) is 3. The van der Waals surface area contributed by atoms with Crippen LogP contribution < -0.4 is 0 Å². The van der Waals surface area contributed by atoms with Crippen LogP contribution in [0.4, 0.5) is 26.3 Å². The van der Waals surface area contributed by atoms with E-state index in [1.807, 2.05) is 6.92 Å². The minimum atomic E-state index is -3.13. The average molecular weight is 466 g/mol. The van der Waals surface area contributed by atoms with Crippen LogP contribution in [0.2, 0.25) is 0 Å². The molecule has 7 heteroatoms. The maximum atomic E-state index is 14.7. The summed E-state index contributed by atoms with van der Waals surface area (Å²) in [5.74, 6) is -9.15. The van der Waals surface area contributed by atoms with Crippen molar-refractivity contribution in [2.75, 3.05) is 0 Å². The van der Waals surface area contributed by atoms with Crippen molar-refractivity contribution in [2.45, 2.75) is 51.4 Å². The molecule has 0 radical (unpaired) electrons. The fourth-order valence-corrected chi connectivity index (χ4v) is 3.72. The molecule has 176 valence electrons. The molecule has 0 aromatic heterocycles. The first kappa shape index (κ1) is 24.7. The Bertz CT molecular complexity index is 1110. The van der Waals surface area contributed by atoms with Gasteiger partial charge in [-0.1, -0.05) is 62.6 Å². The van der Waals surface area contributed by atoms with Gasteiger partial charge in [0.2, 0.25) is 5.82 Å². The molecule has 0 aliphatic carbocycles. The molecule has 0 spiro atoms. The molecule has 1 N–H and O–H groups in total. The zero-order valence-corrected chi connectivity index (χ0v) is 18.1. The Labute approximate surface area is 188 Å². The minimum absolute atomic E-state index is 0.111. The van der Waals surface area contributed by atoms with E-state index >= 15 is 0 Å². The van der Waals surface area contributed by atoms with Crippen LogP contribution in [-0.4, -0.2) is 11.0 Å². The molecule has 0 amide bonds. The summed E-state index contributed by atoms with van der Waals surface area (Å²) in [5.41, 5.74) is -0.135. The van der Waals surface area contributed by atoms with Crippen molar-refractivity contribution in [3.05, 3.63) is 77.4 Å². The summed E-state index contributed by atoms with van der Waals surface area (Å²) in [6.07, 6.45) is 1.48. The maximum absolute atomic E-state index is 14.7. The second-order valence-corrected chi connectivity index (χ2v) is 8.08. The van der Waals surface area contributed by atoms with Gasteiger partial charge < -0.3 is 5.11 Å². The van der Waals surface area contributed by atoms with Crippen molar-refractivity contribution in [3.63, 3.8) is 0 Å². The molecular weight excluding hydrogens is 442 g/mol. The van der Waals surface area contributed by atoms with Crippen molar-refractivity contribution in [3.8, 4) is 28.0 Å². The van der Waals surface area contributed by atoms with Crippen LogP contribution in [0.1, 0.15) is 44.6 Å². The molecule has 3 aromatic rings. The molecular formula is C26H24F6O. The lowest BCUT2D eigenvalue weighted by Gasteiger charge is -2.17. The monoisotopic (exact) mass is 466 g/mol. The predicted molar refractivity (Wildman–Crippen MR) is 116 cm³/mol. The second-order valence-electron chi connectivity index (χ2n) is 8.08. The van der Waals surface area contributed by atoms with Crippen LogP contribution in [0.3, 0.4) is 0 Å². The van der Waals surface area contributed by atoms with E-state index in [1.165, 1.54) is 36.4 Å². The van der Waals surface area contributed by atoms with Crippen LogP contribution in [0.5, 0.6) is 5.75 Å². The first-order valence-electron chi connectivity index (χ1n) is 10.8. The molecule has 0 heterocycles. The molecule has 0 aliphatic rings. The van der Waals surface area contributed by atoms with Crippen molar-refractivity contribution >= 4 is 0 Å². The highest BCUT2D eigenvalue weighted by atomic mass is 19.3. The average Bonchev–Trinajstić information content (AvgIpc) is 2.79. The molecule has 3 aromatic carbocycles. The fraction of sp³-hybridized carbons (Fsp3) is 0.308. The normalized spacial score (nSPS) is 11.7. The summed E-state index contributed by atoms with van der Waals surface area (Å²) in [4.78, 5) is 0. The molecule has 0 fully saturated rings. The summed E-state index contributed by atoms with van der Waals surface area (Å²) in [5, 5.41) is 9.24. The van der Waals surface area contributed by atoms with Crippen LogP contribution in [0.25, 0.3) is 22.3 Å². The Balaban J connectivity index is 1.81. The number of benzene rings is 3. The predicted octanol–water partition coefficient (Wildman–Crippen LogP) is 8.43. The van der Waals surface area contributed by atoms with Crippen molar-refractivity contribution in [1.29, 1.82) is 0 Å². The van der Waals surface area contributed by atoms with Gasteiger partial charge in [-0.3, -0.25) is 0 Å². The number of alkyl halides is 2. The van der Waals surface area contributed by atoms with Crippen molar-refractivity contribution < 1.29 is 31.4 Å². The van der Waals surface area contributed by atoms with Gasteiger partial charge in [-0.15, -0.1) is 0 Å². The third-order valence-electron chi connectivity index (χ3n) is 5.58. The van der Waals surface area contributed by atoms with Gasteiger partial charge in [0.25, 0.3) is 5.92 Å². The van der Waals surface area contributed by atoms with Gasteiger partial charge in [-0.25, -0.2) is 22.0 Å². The fourth-order valence-electron chi connectivity index (χ4n) is 3.72. The maximum Gasteiger partial charge on any atom is 0.252 e. The van der Waals surface area contributed by atoms with Gasteiger partial charge in [-0.2, -0.15) is 4.39 Å². The van der Waals surface area contributed by atoms with Gasteiger partial charge in [0.05, 0.1) is 0 Å². The Morgan fingerprint density at radius 1 is 0.667 bits per heavy atom. The number of aromatic hydroxyl groups is 1. The summed E-state index contributed by atoms with van der Waals surface area (Å²) in [6.45, 7) is 1.97. The molecule has 0 atom stereocenters. The van der Waals surface area contributed by atoms with E-state index in [2.05, 4.69) is 0 Å². The Morgan fingerprint density at radius 2 is 1.21 bits per heavy atom. The first-order valence-corrected chi connectivity index (χ1v) is 10.8. The standard InChI is InChI=1S/C26H24F6O/c1-2-3-4-5-14-26(31,32)15-18-10-11-19(23(28)22(18)27)16-6-8-17(9-7-16)20-12-13-21(33)25(30)24(20)29/h6-13,33H,2-5,14-15H2,1H3. The van der Waals surface area contributed by atoms with Gasteiger partial charge in [-0.05, 0) is 35.2 Å². The number of halogens is 6. The largest absolute Gasteiger partial charge is 0.505 e. The lowest BCUT2D eigenvalue weighted by molar-refractivity contribution is -0.0103. The Kier molecular flexibility index (Phi) is 7.72. The molecule has 0 saturated heterocycles. The molecule has 0 bridgehead atoms. The van der Waals surface area contributed by atoms with Crippen LogP contribution in [0, 0.1) is 23.3 Å². The summed E-state index contributed by atoms with van der Waals surface area (Å²) in [6, 6.07) is 10.1. The van der Waals surface area contributed by atoms with E-state index < -0.39 is 46.9 Å². The number of hydrogen-bond donors (Lipinski definition) is 1. The smallest absolute Gasteiger partial charge is 0.252 e. The van der Waals surface area contributed by atoms with E-state index in [0.717, 1.165) is 25.0 Å². The second kappa shape index (κ2) is 10.3. The number of hydrogen-bond acceptors (Lipinski definition) is 1. The quantitative estimate of drug-likeness (QED) is 0.248. The van der Waals surface area contributed by atoms with Gasteiger partial charge in [0.15, 0.2) is 23.2 Å². The van der Waals surface area contributed by atoms with Gasteiger partial charge >= 0.3 is 0 Å². The third-order valence-corrected chi connectivity index (χ3v) is 5.58. The van der Waals surface area contributed by atoms with Crippen LogP contribution >= 0.6 is 0 Å². The Morgan fingerprint density at radius 3 is 1.79 bits per heavy atom. The lowest BCUT2D eigenvalue weighted by Crippen LogP contribution is -2.20. The zero-order chi connectivity index (χ0) is 24.2. The topological polar surface area (TPSA) is 20.2 Å². The van der Waals surface area contributed by atoms with E-state index in [4.69, 9.17) is 0 Å². The molecule has 1 nitrogen and oxygen atoms in total. The summed E-state index contributed by atoms with van der Waals surface area (Å²) < 4.78 is 85.4. The number of phenolic OH excluding ortho intramolecular Hbond substituents is 1. The first-order chi connectivity index (χ1) is 15.6. The van der Waals surface area contributed by atoms with E-state index in [-0.39, 0.29) is 28.7 Å². The van der Waals surface area contributed by atoms with E-state index in [0.29, 0.717) is 12.8 Å². The van der Waals surface area contributed by atoms with Crippen molar-refractivity contribution in [2.24, 2.45) is 0 Å². The van der Waals surface area contributed by atoms with E-state index in [9.17, 15) is 31.4 Å². The lowest BCUT2D eigenvalue weighted by atomic mass is 9.96. The highest BCUT2D eigenvalue weighted by Gasteiger charge is 2.31. The van der Waals surface area contributed by atoms with Crippen LogP contribution in [0.15, 0.2) is 48.5 Å². The van der Waals surface area contributed by atoms with Crippen LogP contribution in [-0.2, 0) is 6.42 Å². The highest BCUT2D eigenvalue weighted by Crippen LogP contribution is 2.34. The molecule has 0 unspecified atom stereocenters. The minimum Gasteiger partial charge on any atom is -0.505 e. The number of phenols is 1. The van der Waals surface area contributed by atoms with Crippen molar-refractivity contribution in [1.82, 2.24) is 0 Å².